The van der Waals surface area contributed by atoms with Crippen LogP contribution in [-0.2, 0) is 17.2 Å². The van der Waals surface area contributed by atoms with E-state index in [1.165, 1.54) is 17.8 Å². The highest BCUT2D eigenvalue weighted by molar-refractivity contribution is 7.98. The molecular weight excluding hydrogens is 700 g/mol. The first-order valence-corrected chi connectivity index (χ1v) is 17.7. The van der Waals surface area contributed by atoms with Gasteiger partial charge < -0.3 is 24.8 Å². The van der Waals surface area contributed by atoms with Crippen molar-refractivity contribution in [3.63, 3.8) is 0 Å². The summed E-state index contributed by atoms with van der Waals surface area (Å²) in [6.45, 7) is 6.22. The van der Waals surface area contributed by atoms with Crippen LogP contribution in [0.1, 0.15) is 43.5 Å². The standard InChI is InChI=1S/C37H34Cl2FN5O4S/c1-4-47-30-16-9-8-15-29(30)42-35(46)33-22(3)41-36-43-37(50-21-24-11-6-7-12-26(24)38)44-45(36)34(33)23-17-18-31(32(19-23)48-5-2)49-20-25-27(39)13-10-14-28(25)40/h6-19,34H,4-5,20-21H2,1-3H3,(H,42,46)(H,41,43,44). The van der Waals surface area contributed by atoms with Crippen LogP contribution in [-0.4, -0.2) is 33.9 Å². The normalized spacial score (nSPS) is 13.8. The molecule has 258 valence electrons. The van der Waals surface area contributed by atoms with Crippen molar-refractivity contribution < 1.29 is 23.4 Å². The Kier molecular flexibility index (Phi) is 11.2. The van der Waals surface area contributed by atoms with E-state index in [0.29, 0.717) is 74.9 Å². The molecule has 1 unspecified atom stereocenters. The lowest BCUT2D eigenvalue weighted by atomic mass is 9.94. The Bertz CT molecular complexity index is 2040. The van der Waals surface area contributed by atoms with E-state index in [0.717, 1.165) is 5.56 Å². The second-order valence-corrected chi connectivity index (χ2v) is 12.9. The van der Waals surface area contributed by atoms with Crippen molar-refractivity contribution in [3.05, 3.63) is 129 Å². The first kappa shape index (κ1) is 35.1. The maximum Gasteiger partial charge on any atom is 0.255 e. The van der Waals surface area contributed by atoms with Crippen LogP contribution in [0.25, 0.3) is 0 Å². The van der Waals surface area contributed by atoms with Gasteiger partial charge in [0.2, 0.25) is 11.1 Å². The minimum Gasteiger partial charge on any atom is -0.492 e. The molecule has 0 aliphatic carbocycles. The molecule has 0 radical (unpaired) electrons. The van der Waals surface area contributed by atoms with Crippen molar-refractivity contribution in [2.45, 2.75) is 44.3 Å². The average molecular weight is 735 g/mol. The van der Waals surface area contributed by atoms with Crippen molar-refractivity contribution in [1.29, 1.82) is 0 Å². The Balaban J connectivity index is 1.38. The third kappa shape index (κ3) is 7.70. The molecule has 9 nitrogen and oxygen atoms in total. The van der Waals surface area contributed by atoms with E-state index in [1.807, 2.05) is 63.2 Å². The quantitative estimate of drug-likeness (QED) is 0.116. The highest BCUT2D eigenvalue weighted by atomic mass is 35.5. The summed E-state index contributed by atoms with van der Waals surface area (Å²) < 4.78 is 34.0. The van der Waals surface area contributed by atoms with Gasteiger partial charge >= 0.3 is 0 Å². The van der Waals surface area contributed by atoms with E-state index in [2.05, 4.69) is 10.6 Å². The van der Waals surface area contributed by atoms with Crippen LogP contribution in [0.5, 0.6) is 17.2 Å². The number of carbonyl (C=O) groups is 1. The molecule has 1 atom stereocenters. The number of hydrogen-bond acceptors (Lipinski definition) is 8. The number of nitrogens with one attached hydrogen (secondary N) is 2. The monoisotopic (exact) mass is 733 g/mol. The summed E-state index contributed by atoms with van der Waals surface area (Å²) in [6, 6.07) is 24.0. The van der Waals surface area contributed by atoms with E-state index < -0.39 is 11.9 Å². The topological polar surface area (TPSA) is 99.5 Å². The molecule has 0 spiro atoms. The molecule has 4 aromatic carbocycles. The number of aromatic nitrogens is 3. The van der Waals surface area contributed by atoms with Crippen molar-refractivity contribution in [2.75, 3.05) is 23.8 Å². The largest absolute Gasteiger partial charge is 0.492 e. The summed E-state index contributed by atoms with van der Waals surface area (Å²) in [5.74, 6) is 1.54. The van der Waals surface area contributed by atoms with Crippen LogP contribution in [0, 0.1) is 5.82 Å². The Morgan fingerprint density at radius 3 is 2.44 bits per heavy atom. The number of amides is 1. The SMILES string of the molecule is CCOc1ccccc1NC(=O)C1=C(C)Nc2nc(SCc3ccccc3Cl)nn2C1c1ccc(OCc2c(F)cccc2Cl)c(OCC)c1. The van der Waals surface area contributed by atoms with Gasteiger partial charge in [-0.2, -0.15) is 4.98 Å². The van der Waals surface area contributed by atoms with Crippen molar-refractivity contribution in [3.8, 4) is 17.2 Å². The number of rotatable bonds is 13. The van der Waals surface area contributed by atoms with Crippen LogP contribution in [0.4, 0.5) is 16.0 Å². The number of thioether (sulfide) groups is 1. The number of anilines is 2. The fraction of sp³-hybridized carbons (Fsp3) is 0.216. The van der Waals surface area contributed by atoms with Gasteiger partial charge in [-0.3, -0.25) is 4.79 Å². The first-order chi connectivity index (χ1) is 24.3. The Morgan fingerprint density at radius 2 is 1.66 bits per heavy atom. The molecule has 2 N–H and O–H groups in total. The molecule has 2 heterocycles. The third-order valence-corrected chi connectivity index (χ3v) is 9.45. The number of benzene rings is 4. The van der Waals surface area contributed by atoms with Crippen molar-refractivity contribution in [1.82, 2.24) is 14.8 Å². The molecule has 50 heavy (non-hydrogen) atoms. The zero-order chi connectivity index (χ0) is 35.2. The summed E-state index contributed by atoms with van der Waals surface area (Å²) in [5.41, 5.74) is 3.40. The summed E-state index contributed by atoms with van der Waals surface area (Å²) in [7, 11) is 0. The van der Waals surface area contributed by atoms with Crippen LogP contribution < -0.4 is 24.8 Å². The molecule has 0 bridgehead atoms. The van der Waals surface area contributed by atoms with Crippen LogP contribution >= 0.6 is 35.0 Å². The van der Waals surface area contributed by atoms with Crippen LogP contribution in [0.2, 0.25) is 10.0 Å². The summed E-state index contributed by atoms with van der Waals surface area (Å²) in [4.78, 5) is 19.0. The molecule has 5 aromatic rings. The summed E-state index contributed by atoms with van der Waals surface area (Å²) in [6.07, 6.45) is 0. The number of fused-ring (bicyclic) bond motifs is 1. The van der Waals surface area contributed by atoms with Gasteiger partial charge in [-0.15, -0.1) is 5.10 Å². The maximum atomic E-state index is 14.5. The third-order valence-electron chi connectivity index (χ3n) is 7.84. The summed E-state index contributed by atoms with van der Waals surface area (Å²) >= 11 is 14.1. The lowest BCUT2D eigenvalue weighted by Gasteiger charge is -2.29. The van der Waals surface area contributed by atoms with Crippen molar-refractivity contribution >= 4 is 52.5 Å². The second-order valence-electron chi connectivity index (χ2n) is 11.1. The zero-order valence-corrected chi connectivity index (χ0v) is 29.8. The number of halogens is 3. The molecule has 6 rings (SSSR count). The van der Waals surface area contributed by atoms with E-state index in [9.17, 15) is 9.18 Å². The number of nitrogens with zero attached hydrogens (tertiary/aromatic N) is 3. The van der Waals surface area contributed by atoms with E-state index in [4.69, 9.17) is 47.5 Å². The molecule has 1 aliphatic heterocycles. The number of allylic oxidation sites excluding steroid dienone is 1. The lowest BCUT2D eigenvalue weighted by molar-refractivity contribution is -0.113. The molecule has 0 saturated heterocycles. The Labute approximate surface area is 303 Å². The smallest absolute Gasteiger partial charge is 0.255 e. The van der Waals surface area contributed by atoms with Gasteiger partial charge in [0.05, 0.1) is 29.5 Å². The fourth-order valence-corrected chi connectivity index (χ4v) is 6.83. The number of carbonyl (C=O) groups excluding carboxylic acids is 1. The predicted octanol–water partition coefficient (Wildman–Crippen LogP) is 9.32. The van der Waals surface area contributed by atoms with Gasteiger partial charge in [-0.25, -0.2) is 9.07 Å². The summed E-state index contributed by atoms with van der Waals surface area (Å²) in [5, 5.41) is 12.6. The molecule has 1 amide bonds. The molecule has 1 aromatic heterocycles. The van der Waals surface area contributed by atoms with Crippen molar-refractivity contribution in [2.24, 2.45) is 0 Å². The maximum absolute atomic E-state index is 14.5. The van der Waals surface area contributed by atoms with Gasteiger partial charge in [0, 0.05) is 22.0 Å². The molecule has 0 fully saturated rings. The van der Waals surface area contributed by atoms with Gasteiger partial charge in [-0.05, 0) is 74.4 Å². The van der Waals surface area contributed by atoms with Gasteiger partial charge in [0.1, 0.15) is 24.2 Å². The molecule has 1 aliphatic rings. The number of para-hydroxylation sites is 2. The minimum atomic E-state index is -0.720. The van der Waals surface area contributed by atoms with Crippen LogP contribution in [0.3, 0.4) is 0 Å². The van der Waals surface area contributed by atoms with Crippen LogP contribution in [0.15, 0.2) is 101 Å². The van der Waals surface area contributed by atoms with Gasteiger partial charge in [0.15, 0.2) is 11.5 Å². The van der Waals surface area contributed by atoms with Gasteiger partial charge in [-0.1, -0.05) is 77.4 Å². The number of hydrogen-bond donors (Lipinski definition) is 2. The minimum absolute atomic E-state index is 0.108. The zero-order valence-electron chi connectivity index (χ0n) is 27.5. The van der Waals surface area contributed by atoms with Gasteiger partial charge in [0.25, 0.3) is 5.91 Å². The van der Waals surface area contributed by atoms with E-state index in [1.54, 1.807) is 41.1 Å². The van der Waals surface area contributed by atoms with E-state index in [-0.39, 0.29) is 23.1 Å². The molecule has 13 heteroatoms. The lowest BCUT2D eigenvalue weighted by Crippen LogP contribution is -2.31. The molecular formula is C37H34Cl2FN5O4S. The Hall–Kier alpha value is -4.71. The Morgan fingerprint density at radius 1 is 0.920 bits per heavy atom. The highest BCUT2D eigenvalue weighted by Crippen LogP contribution is 2.41. The number of ether oxygens (including phenoxy) is 3. The fourth-order valence-electron chi connectivity index (χ4n) is 5.50. The van der Waals surface area contributed by atoms with E-state index >= 15 is 0 Å². The predicted molar refractivity (Wildman–Crippen MR) is 195 cm³/mol. The average Bonchev–Trinajstić information content (AvgIpc) is 3.51. The first-order valence-electron chi connectivity index (χ1n) is 15.9. The highest BCUT2D eigenvalue weighted by Gasteiger charge is 2.35. The second kappa shape index (κ2) is 15.9. The molecule has 0 saturated carbocycles.